The van der Waals surface area contributed by atoms with Crippen molar-refractivity contribution in [2.24, 2.45) is 0 Å². The lowest BCUT2D eigenvalue weighted by Gasteiger charge is -2.47. The van der Waals surface area contributed by atoms with E-state index in [4.69, 9.17) is 9.47 Å². The van der Waals surface area contributed by atoms with Gasteiger partial charge in [0.05, 0.1) is 12.2 Å². The van der Waals surface area contributed by atoms with Gasteiger partial charge >= 0.3 is 0 Å². The molecule has 0 aliphatic heterocycles. The first-order chi connectivity index (χ1) is 12.4. The Morgan fingerprint density at radius 3 is 2.12 bits per heavy atom. The molecule has 2 aliphatic rings. The fourth-order valence-electron chi connectivity index (χ4n) is 4.03. The van der Waals surface area contributed by atoms with Crippen LogP contribution in [0.25, 0.3) is 0 Å². The van der Waals surface area contributed by atoms with Crippen molar-refractivity contribution in [2.45, 2.75) is 87.9 Å². The molecule has 1 aromatic rings. The van der Waals surface area contributed by atoms with Crippen LogP contribution >= 0.6 is 0 Å². The van der Waals surface area contributed by atoms with E-state index in [9.17, 15) is 20.4 Å². The SMILES string of the molecule is CC1(OC2C(O)C(O)C(O)C(OCc3ccccc3)C2O)CCCCC1. The summed E-state index contributed by atoms with van der Waals surface area (Å²) in [5.41, 5.74) is 0.445. The topological polar surface area (TPSA) is 99.4 Å². The average Bonchev–Trinajstić information content (AvgIpc) is 2.65. The van der Waals surface area contributed by atoms with Crippen molar-refractivity contribution < 1.29 is 29.9 Å². The third-order valence-electron chi connectivity index (χ3n) is 5.66. The Bertz CT molecular complexity index is 559. The molecule has 0 aromatic heterocycles. The average molecular weight is 366 g/mol. The normalized spacial score (nSPS) is 37.4. The maximum Gasteiger partial charge on any atom is 0.115 e. The molecule has 0 saturated heterocycles. The first-order valence-corrected chi connectivity index (χ1v) is 9.47. The second-order valence-electron chi connectivity index (χ2n) is 7.82. The number of benzene rings is 1. The minimum Gasteiger partial charge on any atom is -0.387 e. The van der Waals surface area contributed by atoms with E-state index in [2.05, 4.69) is 0 Å². The molecule has 1 aromatic carbocycles. The minimum atomic E-state index is -1.43. The highest BCUT2D eigenvalue weighted by atomic mass is 16.6. The summed E-state index contributed by atoms with van der Waals surface area (Å²) in [6.45, 7) is 2.16. The third kappa shape index (κ3) is 4.27. The molecule has 0 spiro atoms. The molecule has 4 N–H and O–H groups in total. The number of ether oxygens (including phenoxy) is 2. The maximum atomic E-state index is 10.7. The van der Waals surface area contributed by atoms with Gasteiger partial charge in [0.15, 0.2) is 0 Å². The quantitative estimate of drug-likeness (QED) is 0.624. The second-order valence-corrected chi connectivity index (χ2v) is 7.82. The molecule has 26 heavy (non-hydrogen) atoms. The molecule has 146 valence electrons. The maximum absolute atomic E-state index is 10.7. The molecule has 0 bridgehead atoms. The highest BCUT2D eigenvalue weighted by Crippen LogP contribution is 2.36. The smallest absolute Gasteiger partial charge is 0.115 e. The molecular formula is C20H30O6. The van der Waals surface area contributed by atoms with E-state index in [0.29, 0.717) is 0 Å². The molecule has 2 saturated carbocycles. The Hall–Kier alpha value is -1.02. The van der Waals surface area contributed by atoms with E-state index >= 15 is 0 Å². The van der Waals surface area contributed by atoms with Crippen LogP contribution in [-0.2, 0) is 16.1 Å². The van der Waals surface area contributed by atoms with Crippen molar-refractivity contribution in [2.75, 3.05) is 0 Å². The summed E-state index contributed by atoms with van der Waals surface area (Å²) in [6.07, 6.45) is -2.54. The monoisotopic (exact) mass is 366 g/mol. The summed E-state index contributed by atoms with van der Waals surface area (Å²) in [6, 6.07) is 9.40. The molecular weight excluding hydrogens is 336 g/mol. The molecule has 2 fully saturated rings. The zero-order chi connectivity index (χ0) is 18.7. The Labute approximate surface area is 154 Å². The van der Waals surface area contributed by atoms with Crippen molar-refractivity contribution in [1.82, 2.24) is 0 Å². The number of rotatable bonds is 5. The molecule has 6 heteroatoms. The highest BCUT2D eigenvalue weighted by molar-refractivity contribution is 5.13. The first kappa shape index (κ1) is 19.7. The van der Waals surface area contributed by atoms with E-state index in [-0.39, 0.29) is 6.61 Å². The van der Waals surface area contributed by atoms with Gasteiger partial charge in [0.2, 0.25) is 0 Å². The molecule has 0 radical (unpaired) electrons. The first-order valence-electron chi connectivity index (χ1n) is 9.47. The van der Waals surface area contributed by atoms with Gasteiger partial charge in [0, 0.05) is 0 Å². The van der Waals surface area contributed by atoms with Crippen molar-refractivity contribution in [3.05, 3.63) is 35.9 Å². The van der Waals surface area contributed by atoms with Crippen LogP contribution in [-0.4, -0.2) is 62.7 Å². The van der Waals surface area contributed by atoms with Gasteiger partial charge in [-0.1, -0.05) is 49.6 Å². The summed E-state index contributed by atoms with van der Waals surface area (Å²) in [7, 11) is 0. The zero-order valence-electron chi connectivity index (χ0n) is 15.2. The summed E-state index contributed by atoms with van der Waals surface area (Å²) >= 11 is 0. The van der Waals surface area contributed by atoms with Crippen LogP contribution in [0, 0.1) is 0 Å². The van der Waals surface area contributed by atoms with Gasteiger partial charge in [-0.25, -0.2) is 0 Å². The van der Waals surface area contributed by atoms with Gasteiger partial charge in [0.25, 0.3) is 0 Å². The van der Waals surface area contributed by atoms with Crippen LogP contribution in [0.3, 0.4) is 0 Å². The lowest BCUT2D eigenvalue weighted by molar-refractivity contribution is -0.271. The molecule has 0 heterocycles. The van der Waals surface area contributed by atoms with Crippen LogP contribution in [0.2, 0.25) is 0 Å². The highest BCUT2D eigenvalue weighted by Gasteiger charge is 2.52. The minimum absolute atomic E-state index is 0.187. The van der Waals surface area contributed by atoms with E-state index in [0.717, 1.165) is 37.7 Å². The third-order valence-corrected chi connectivity index (χ3v) is 5.66. The number of aliphatic hydroxyl groups excluding tert-OH is 4. The van der Waals surface area contributed by atoms with Gasteiger partial charge in [-0.3, -0.25) is 0 Å². The summed E-state index contributed by atoms with van der Waals surface area (Å²) in [5, 5.41) is 41.6. The predicted octanol–water partition coefficient (Wildman–Crippen LogP) is 1.14. The van der Waals surface area contributed by atoms with Gasteiger partial charge < -0.3 is 29.9 Å². The van der Waals surface area contributed by atoms with Crippen LogP contribution in [0.1, 0.15) is 44.6 Å². The van der Waals surface area contributed by atoms with E-state index < -0.39 is 42.2 Å². The Morgan fingerprint density at radius 2 is 1.46 bits per heavy atom. The Balaban J connectivity index is 1.70. The van der Waals surface area contributed by atoms with Crippen molar-refractivity contribution in [3.8, 4) is 0 Å². The molecule has 2 aliphatic carbocycles. The lowest BCUT2D eigenvalue weighted by atomic mass is 9.82. The van der Waals surface area contributed by atoms with E-state index in [1.807, 2.05) is 37.3 Å². The Kier molecular flexibility index (Phi) is 6.33. The van der Waals surface area contributed by atoms with E-state index in [1.54, 1.807) is 0 Å². The fraction of sp³-hybridized carbons (Fsp3) is 0.700. The zero-order valence-corrected chi connectivity index (χ0v) is 15.2. The van der Waals surface area contributed by atoms with Crippen LogP contribution in [0.15, 0.2) is 30.3 Å². The van der Waals surface area contributed by atoms with E-state index in [1.165, 1.54) is 0 Å². The molecule has 6 atom stereocenters. The lowest BCUT2D eigenvalue weighted by Crippen LogP contribution is -2.66. The van der Waals surface area contributed by atoms with Crippen molar-refractivity contribution >= 4 is 0 Å². The molecule has 3 rings (SSSR count). The summed E-state index contributed by atoms with van der Waals surface area (Å²) in [4.78, 5) is 0. The number of hydrogen-bond donors (Lipinski definition) is 4. The summed E-state index contributed by atoms with van der Waals surface area (Å²) < 4.78 is 11.8. The Morgan fingerprint density at radius 1 is 0.846 bits per heavy atom. The largest absolute Gasteiger partial charge is 0.387 e. The van der Waals surface area contributed by atoms with Crippen molar-refractivity contribution in [3.63, 3.8) is 0 Å². The fourth-order valence-corrected chi connectivity index (χ4v) is 4.03. The molecule has 6 unspecified atom stereocenters. The summed E-state index contributed by atoms with van der Waals surface area (Å²) in [5.74, 6) is 0. The van der Waals surface area contributed by atoms with Crippen LogP contribution in [0.5, 0.6) is 0 Å². The molecule has 6 nitrogen and oxygen atoms in total. The van der Waals surface area contributed by atoms with Gasteiger partial charge in [-0.2, -0.15) is 0 Å². The second kappa shape index (κ2) is 8.33. The number of aliphatic hydroxyl groups is 4. The van der Waals surface area contributed by atoms with Gasteiger partial charge in [-0.15, -0.1) is 0 Å². The standard InChI is InChI=1S/C20H30O6/c1-20(10-6-3-7-11-20)26-19-16(23)14(21)15(22)18(17(19)24)25-12-13-8-4-2-5-9-13/h2,4-5,8-9,14-19,21-24H,3,6-7,10-12H2,1H3. The van der Waals surface area contributed by atoms with Crippen LogP contribution in [0.4, 0.5) is 0 Å². The van der Waals surface area contributed by atoms with Crippen molar-refractivity contribution in [1.29, 1.82) is 0 Å². The van der Waals surface area contributed by atoms with Gasteiger partial charge in [0.1, 0.15) is 36.6 Å². The molecule has 0 amide bonds. The van der Waals surface area contributed by atoms with Crippen LogP contribution < -0.4 is 0 Å². The predicted molar refractivity (Wildman–Crippen MR) is 95.4 cm³/mol. The number of hydrogen-bond acceptors (Lipinski definition) is 6. The van der Waals surface area contributed by atoms with Gasteiger partial charge in [-0.05, 0) is 25.3 Å².